The summed E-state index contributed by atoms with van der Waals surface area (Å²) in [4.78, 5) is 48.9. The lowest BCUT2D eigenvalue weighted by Gasteiger charge is -2.14. The van der Waals surface area contributed by atoms with Crippen molar-refractivity contribution < 1.29 is 23.9 Å². The van der Waals surface area contributed by atoms with E-state index >= 15 is 0 Å². The first-order valence-corrected chi connectivity index (χ1v) is 9.16. The summed E-state index contributed by atoms with van der Waals surface area (Å²) in [5, 5.41) is 5.43. The Bertz CT molecular complexity index is 906. The van der Waals surface area contributed by atoms with Crippen molar-refractivity contribution in [2.24, 2.45) is 0 Å². The Morgan fingerprint density at radius 2 is 1.28 bits per heavy atom. The van der Waals surface area contributed by atoms with Gasteiger partial charge in [-0.1, -0.05) is 0 Å². The normalized spacial score (nSPS) is 13.3. The summed E-state index contributed by atoms with van der Waals surface area (Å²) in [5.41, 5.74) is 1.36. The Morgan fingerprint density at radius 1 is 0.828 bits per heavy atom. The predicted molar refractivity (Wildman–Crippen MR) is 106 cm³/mol. The average Bonchev–Trinajstić information content (AvgIpc) is 3.09. The first kappa shape index (κ1) is 20.1. The van der Waals surface area contributed by atoms with Gasteiger partial charge in [-0.25, -0.2) is 0 Å². The van der Waals surface area contributed by atoms with Gasteiger partial charge in [-0.2, -0.15) is 0 Å². The van der Waals surface area contributed by atoms with Crippen LogP contribution in [0.15, 0.2) is 48.5 Å². The summed E-state index contributed by atoms with van der Waals surface area (Å²) in [6.45, 7) is 0.525. The molecular formula is C21H21N3O5. The largest absolute Gasteiger partial charge is 0.497 e. The Kier molecular flexibility index (Phi) is 6.23. The van der Waals surface area contributed by atoms with Gasteiger partial charge in [-0.3, -0.25) is 24.1 Å². The van der Waals surface area contributed by atoms with Gasteiger partial charge in [0.15, 0.2) is 0 Å². The van der Waals surface area contributed by atoms with Gasteiger partial charge in [0.25, 0.3) is 11.8 Å². The Hall–Kier alpha value is -3.68. The number of benzene rings is 2. The molecule has 8 nitrogen and oxygen atoms in total. The lowest BCUT2D eigenvalue weighted by Crippen LogP contribution is -2.34. The highest BCUT2D eigenvalue weighted by molar-refractivity contribution is 6.19. The SMILES string of the molecule is COc1ccc(C(=O)NCCNC(=O)c2ccc(N3C(=O)CCC3=O)cc2)cc1. The maximum absolute atomic E-state index is 12.2. The fourth-order valence-electron chi connectivity index (χ4n) is 2.92. The lowest BCUT2D eigenvalue weighted by molar-refractivity contribution is -0.121. The molecule has 0 unspecified atom stereocenters. The minimum atomic E-state index is -0.311. The highest BCUT2D eigenvalue weighted by atomic mass is 16.5. The molecule has 0 radical (unpaired) electrons. The summed E-state index contributed by atoms with van der Waals surface area (Å²) < 4.78 is 5.05. The van der Waals surface area contributed by atoms with E-state index in [0.29, 0.717) is 22.6 Å². The van der Waals surface area contributed by atoms with Gasteiger partial charge < -0.3 is 15.4 Å². The van der Waals surface area contributed by atoms with Crippen LogP contribution in [0.5, 0.6) is 5.75 Å². The van der Waals surface area contributed by atoms with E-state index < -0.39 is 0 Å². The molecule has 0 saturated carbocycles. The number of carbonyl (C=O) groups is 4. The van der Waals surface area contributed by atoms with E-state index in [0.717, 1.165) is 4.90 Å². The Balaban J connectivity index is 1.46. The highest BCUT2D eigenvalue weighted by Crippen LogP contribution is 2.22. The lowest BCUT2D eigenvalue weighted by atomic mass is 10.2. The molecule has 3 rings (SSSR count). The maximum atomic E-state index is 12.2. The highest BCUT2D eigenvalue weighted by Gasteiger charge is 2.30. The monoisotopic (exact) mass is 395 g/mol. The second kappa shape index (κ2) is 9.01. The molecule has 1 aliphatic heterocycles. The third-order valence-electron chi connectivity index (χ3n) is 4.49. The quantitative estimate of drug-likeness (QED) is 0.546. The van der Waals surface area contributed by atoms with E-state index in [1.807, 2.05) is 0 Å². The van der Waals surface area contributed by atoms with Crippen LogP contribution in [0.1, 0.15) is 33.6 Å². The molecule has 4 amide bonds. The fourth-order valence-corrected chi connectivity index (χ4v) is 2.92. The molecular weight excluding hydrogens is 374 g/mol. The minimum Gasteiger partial charge on any atom is -0.497 e. The number of carbonyl (C=O) groups excluding carboxylic acids is 4. The molecule has 1 heterocycles. The second-order valence-corrected chi connectivity index (χ2v) is 6.41. The Labute approximate surface area is 167 Å². The van der Waals surface area contributed by atoms with E-state index in [-0.39, 0.29) is 49.6 Å². The van der Waals surface area contributed by atoms with E-state index in [1.54, 1.807) is 55.6 Å². The van der Waals surface area contributed by atoms with Crippen LogP contribution in [0.25, 0.3) is 0 Å². The molecule has 2 N–H and O–H groups in total. The number of rotatable bonds is 7. The zero-order chi connectivity index (χ0) is 20.8. The summed E-state index contributed by atoms with van der Waals surface area (Å²) in [7, 11) is 1.55. The van der Waals surface area contributed by atoms with Gasteiger partial charge in [-0.15, -0.1) is 0 Å². The van der Waals surface area contributed by atoms with Gasteiger partial charge >= 0.3 is 0 Å². The van der Waals surface area contributed by atoms with E-state index in [9.17, 15) is 19.2 Å². The molecule has 0 bridgehead atoms. The molecule has 150 valence electrons. The van der Waals surface area contributed by atoms with Crippen LogP contribution in [-0.4, -0.2) is 43.8 Å². The zero-order valence-corrected chi connectivity index (χ0v) is 15.9. The van der Waals surface area contributed by atoms with Gasteiger partial charge in [0.05, 0.1) is 12.8 Å². The van der Waals surface area contributed by atoms with Gasteiger partial charge in [0.1, 0.15) is 5.75 Å². The van der Waals surface area contributed by atoms with Crippen molar-refractivity contribution in [3.05, 3.63) is 59.7 Å². The molecule has 0 spiro atoms. The van der Waals surface area contributed by atoms with Crippen molar-refractivity contribution in [1.29, 1.82) is 0 Å². The minimum absolute atomic E-state index is 0.212. The van der Waals surface area contributed by atoms with Crippen LogP contribution in [-0.2, 0) is 9.59 Å². The molecule has 1 aliphatic rings. The van der Waals surface area contributed by atoms with Crippen LogP contribution >= 0.6 is 0 Å². The van der Waals surface area contributed by atoms with Crippen molar-refractivity contribution in [2.75, 3.05) is 25.1 Å². The summed E-state index contributed by atoms with van der Waals surface area (Å²) >= 11 is 0. The van der Waals surface area contributed by atoms with Crippen molar-refractivity contribution in [3.63, 3.8) is 0 Å². The van der Waals surface area contributed by atoms with Crippen molar-refractivity contribution in [3.8, 4) is 5.75 Å². The van der Waals surface area contributed by atoms with Gasteiger partial charge in [0, 0.05) is 37.1 Å². The fraction of sp³-hybridized carbons (Fsp3) is 0.238. The number of nitrogens with one attached hydrogen (secondary N) is 2. The number of hydrogen-bond acceptors (Lipinski definition) is 5. The third-order valence-corrected chi connectivity index (χ3v) is 4.49. The number of nitrogens with zero attached hydrogens (tertiary/aromatic N) is 1. The smallest absolute Gasteiger partial charge is 0.251 e. The molecule has 2 aromatic rings. The number of imide groups is 1. The third kappa shape index (κ3) is 4.78. The summed E-state index contributed by atoms with van der Waals surface area (Å²) in [6, 6.07) is 13.0. The molecule has 29 heavy (non-hydrogen) atoms. The Morgan fingerprint density at radius 3 is 1.72 bits per heavy atom. The first-order valence-electron chi connectivity index (χ1n) is 9.16. The first-order chi connectivity index (χ1) is 14.0. The van der Waals surface area contributed by atoms with E-state index in [1.165, 1.54) is 0 Å². The van der Waals surface area contributed by atoms with Crippen molar-refractivity contribution in [1.82, 2.24) is 10.6 Å². The number of amides is 4. The van der Waals surface area contributed by atoms with E-state index in [2.05, 4.69) is 10.6 Å². The summed E-state index contributed by atoms with van der Waals surface area (Å²) in [5.74, 6) is -0.363. The van der Waals surface area contributed by atoms with Crippen LogP contribution < -0.4 is 20.3 Å². The van der Waals surface area contributed by atoms with Gasteiger partial charge in [0.2, 0.25) is 11.8 Å². The molecule has 2 aromatic carbocycles. The van der Waals surface area contributed by atoms with Crippen LogP contribution in [0.3, 0.4) is 0 Å². The van der Waals surface area contributed by atoms with Crippen LogP contribution in [0.4, 0.5) is 5.69 Å². The molecule has 0 aromatic heterocycles. The maximum Gasteiger partial charge on any atom is 0.251 e. The average molecular weight is 395 g/mol. The van der Waals surface area contributed by atoms with E-state index in [4.69, 9.17) is 4.74 Å². The van der Waals surface area contributed by atoms with Crippen LogP contribution in [0.2, 0.25) is 0 Å². The number of anilines is 1. The molecule has 0 aliphatic carbocycles. The van der Waals surface area contributed by atoms with Gasteiger partial charge in [-0.05, 0) is 48.5 Å². The number of ether oxygens (including phenoxy) is 1. The molecule has 1 saturated heterocycles. The number of hydrogen-bond donors (Lipinski definition) is 2. The topological polar surface area (TPSA) is 105 Å². The summed E-state index contributed by atoms with van der Waals surface area (Å²) in [6.07, 6.45) is 0.423. The zero-order valence-electron chi connectivity index (χ0n) is 15.9. The van der Waals surface area contributed by atoms with Crippen LogP contribution in [0, 0.1) is 0 Å². The van der Waals surface area contributed by atoms with Crippen molar-refractivity contribution >= 4 is 29.3 Å². The molecule has 8 heteroatoms. The van der Waals surface area contributed by atoms with Crippen molar-refractivity contribution in [2.45, 2.75) is 12.8 Å². The predicted octanol–water partition coefficient (Wildman–Crippen LogP) is 1.51. The second-order valence-electron chi connectivity index (χ2n) is 6.41. The number of methoxy groups -OCH3 is 1. The standard InChI is InChI=1S/C21H21N3O5/c1-29-17-8-4-15(5-9-17)21(28)23-13-12-22-20(27)14-2-6-16(7-3-14)24-18(25)10-11-19(24)26/h2-9H,10-13H2,1H3,(H,22,27)(H,23,28). The molecule has 0 atom stereocenters. The molecule has 1 fully saturated rings.